The van der Waals surface area contributed by atoms with Crippen molar-refractivity contribution in [2.45, 2.75) is 13.0 Å². The van der Waals surface area contributed by atoms with Crippen molar-refractivity contribution in [1.82, 2.24) is 24.7 Å². The van der Waals surface area contributed by atoms with Gasteiger partial charge >= 0.3 is 0 Å². The highest BCUT2D eigenvalue weighted by Gasteiger charge is 2.25. The van der Waals surface area contributed by atoms with Gasteiger partial charge < -0.3 is 15.0 Å². The number of nitrogens with zero attached hydrogens (tertiary/aromatic N) is 4. The third kappa shape index (κ3) is 6.72. The van der Waals surface area contributed by atoms with Crippen molar-refractivity contribution in [3.8, 4) is 0 Å². The number of nitrogens with one attached hydrogen (secondary N) is 2. The van der Waals surface area contributed by atoms with Gasteiger partial charge in [-0.15, -0.1) is 24.0 Å². The molecule has 1 aliphatic heterocycles. The van der Waals surface area contributed by atoms with Crippen LogP contribution in [-0.2, 0) is 21.8 Å². The summed E-state index contributed by atoms with van der Waals surface area (Å²) in [6.45, 7) is 4.42. The highest BCUT2D eigenvalue weighted by atomic mass is 127. The van der Waals surface area contributed by atoms with Crippen LogP contribution in [0.5, 0.6) is 0 Å². The minimum absolute atomic E-state index is 0. The molecule has 1 aromatic heterocycles. The fraction of sp³-hybridized carbons (Fsp3) is 0.714. The Balaban J connectivity index is 0.00000312. The standard InChI is InChI=1S/C14H26N6O3S.HI/c1-4-24(21,22)18-6-5-16-14(15-2)20-7-8-23-13(11-20)12-9-17-19(3)10-12;/h9-10,13,18H,4-8,11H2,1-3H3,(H,15,16);1H. The summed E-state index contributed by atoms with van der Waals surface area (Å²) in [6, 6.07) is 0. The van der Waals surface area contributed by atoms with E-state index in [1.54, 1.807) is 18.7 Å². The molecule has 2 rings (SSSR count). The van der Waals surface area contributed by atoms with Gasteiger partial charge in [-0.25, -0.2) is 13.1 Å². The maximum absolute atomic E-state index is 11.4. The summed E-state index contributed by atoms with van der Waals surface area (Å²) >= 11 is 0. The summed E-state index contributed by atoms with van der Waals surface area (Å²) in [5.41, 5.74) is 1.04. The van der Waals surface area contributed by atoms with Gasteiger partial charge in [0, 0.05) is 45.5 Å². The van der Waals surface area contributed by atoms with Crippen LogP contribution in [0, 0.1) is 0 Å². The number of hydrogen-bond acceptors (Lipinski definition) is 5. The Morgan fingerprint density at radius 1 is 1.48 bits per heavy atom. The molecular weight excluding hydrogens is 459 g/mol. The topological polar surface area (TPSA) is 101 Å². The van der Waals surface area contributed by atoms with E-state index < -0.39 is 10.0 Å². The first-order valence-electron chi connectivity index (χ1n) is 7.98. The normalized spacial score (nSPS) is 18.8. The van der Waals surface area contributed by atoms with Crippen molar-refractivity contribution in [2.75, 3.05) is 45.6 Å². The molecule has 0 radical (unpaired) electrons. The molecule has 0 bridgehead atoms. The highest BCUT2D eigenvalue weighted by Crippen LogP contribution is 2.21. The van der Waals surface area contributed by atoms with Gasteiger partial charge in [0.2, 0.25) is 10.0 Å². The number of morpholine rings is 1. The molecule has 1 saturated heterocycles. The molecule has 11 heteroatoms. The number of ether oxygens (including phenoxy) is 1. The van der Waals surface area contributed by atoms with E-state index in [0.29, 0.717) is 26.2 Å². The maximum atomic E-state index is 11.4. The molecule has 0 amide bonds. The van der Waals surface area contributed by atoms with Crippen molar-refractivity contribution >= 4 is 40.0 Å². The number of aryl methyl sites for hydroxylation is 1. The van der Waals surface area contributed by atoms with Crippen LogP contribution in [0.15, 0.2) is 17.4 Å². The second-order valence-corrected chi connectivity index (χ2v) is 7.62. The Kier molecular flexibility index (Phi) is 9.10. The number of guanidine groups is 1. The quantitative estimate of drug-likeness (QED) is 0.253. The van der Waals surface area contributed by atoms with Gasteiger partial charge in [0.05, 0.1) is 25.1 Å². The Hall–Kier alpha value is -0.920. The summed E-state index contributed by atoms with van der Waals surface area (Å²) in [4.78, 5) is 6.38. The summed E-state index contributed by atoms with van der Waals surface area (Å²) in [7, 11) is 0.428. The first-order chi connectivity index (χ1) is 11.4. The zero-order valence-electron chi connectivity index (χ0n) is 14.8. The van der Waals surface area contributed by atoms with Crippen molar-refractivity contribution < 1.29 is 13.2 Å². The van der Waals surface area contributed by atoms with E-state index >= 15 is 0 Å². The number of rotatable bonds is 6. The first-order valence-corrected chi connectivity index (χ1v) is 9.63. The largest absolute Gasteiger partial charge is 0.370 e. The zero-order chi connectivity index (χ0) is 17.6. The van der Waals surface area contributed by atoms with E-state index in [9.17, 15) is 8.42 Å². The van der Waals surface area contributed by atoms with Crippen LogP contribution in [-0.4, -0.2) is 74.6 Å². The molecule has 2 heterocycles. The Morgan fingerprint density at radius 3 is 2.84 bits per heavy atom. The second-order valence-electron chi connectivity index (χ2n) is 5.52. The van der Waals surface area contributed by atoms with Crippen molar-refractivity contribution in [3.05, 3.63) is 18.0 Å². The van der Waals surface area contributed by atoms with E-state index in [0.717, 1.165) is 18.1 Å². The smallest absolute Gasteiger partial charge is 0.211 e. The number of sulfonamides is 1. The van der Waals surface area contributed by atoms with Crippen LogP contribution in [0.25, 0.3) is 0 Å². The first kappa shape index (κ1) is 22.1. The maximum Gasteiger partial charge on any atom is 0.211 e. The van der Waals surface area contributed by atoms with Gasteiger partial charge in [-0.05, 0) is 6.92 Å². The van der Waals surface area contributed by atoms with Crippen LogP contribution in [0.4, 0.5) is 0 Å². The van der Waals surface area contributed by atoms with Crippen LogP contribution < -0.4 is 10.0 Å². The van der Waals surface area contributed by atoms with Crippen molar-refractivity contribution in [2.24, 2.45) is 12.0 Å². The summed E-state index contributed by atoms with van der Waals surface area (Å²) in [5, 5.41) is 7.37. The fourth-order valence-electron chi connectivity index (χ4n) is 2.46. The van der Waals surface area contributed by atoms with Crippen molar-refractivity contribution in [3.63, 3.8) is 0 Å². The fourth-order valence-corrected chi connectivity index (χ4v) is 3.08. The Bertz CT molecular complexity index is 663. The monoisotopic (exact) mass is 486 g/mol. The molecule has 25 heavy (non-hydrogen) atoms. The summed E-state index contributed by atoms with van der Waals surface area (Å²) in [6.07, 6.45) is 3.71. The van der Waals surface area contributed by atoms with Gasteiger partial charge in [0.15, 0.2) is 5.96 Å². The van der Waals surface area contributed by atoms with Crippen LogP contribution in [0.2, 0.25) is 0 Å². The van der Waals surface area contributed by atoms with E-state index in [4.69, 9.17) is 4.74 Å². The third-order valence-corrected chi connectivity index (χ3v) is 5.19. The molecule has 144 valence electrons. The van der Waals surface area contributed by atoms with Gasteiger partial charge in [-0.1, -0.05) is 0 Å². The average molecular weight is 486 g/mol. The predicted octanol–water partition coefficient (Wildman–Crippen LogP) is -0.0739. The molecule has 2 N–H and O–H groups in total. The third-order valence-electron chi connectivity index (χ3n) is 3.78. The van der Waals surface area contributed by atoms with Crippen LogP contribution in [0.1, 0.15) is 18.6 Å². The molecule has 1 unspecified atom stereocenters. The van der Waals surface area contributed by atoms with E-state index in [1.165, 1.54) is 0 Å². The molecule has 1 aromatic rings. The number of aromatic nitrogens is 2. The lowest BCUT2D eigenvalue weighted by Gasteiger charge is -2.34. The van der Waals surface area contributed by atoms with Crippen LogP contribution in [0.3, 0.4) is 0 Å². The van der Waals surface area contributed by atoms with Crippen LogP contribution >= 0.6 is 24.0 Å². The molecule has 1 aliphatic rings. The van der Waals surface area contributed by atoms with Gasteiger partial charge in [0.25, 0.3) is 0 Å². The van der Waals surface area contributed by atoms with Crippen molar-refractivity contribution in [1.29, 1.82) is 0 Å². The van der Waals surface area contributed by atoms with Gasteiger partial charge in [0.1, 0.15) is 6.10 Å². The minimum atomic E-state index is -3.16. The Morgan fingerprint density at radius 2 is 2.24 bits per heavy atom. The number of hydrogen-bond donors (Lipinski definition) is 2. The van der Waals surface area contributed by atoms with E-state index in [1.807, 2.05) is 19.4 Å². The summed E-state index contributed by atoms with van der Waals surface area (Å²) < 4.78 is 32.9. The highest BCUT2D eigenvalue weighted by molar-refractivity contribution is 14.0. The lowest BCUT2D eigenvalue weighted by molar-refractivity contribution is -0.00800. The molecule has 0 spiro atoms. The molecule has 0 aromatic carbocycles. The minimum Gasteiger partial charge on any atom is -0.370 e. The molecular formula is C14H27IN6O3S. The lowest BCUT2D eigenvalue weighted by atomic mass is 10.1. The molecule has 9 nitrogen and oxygen atoms in total. The van der Waals surface area contributed by atoms with E-state index in [-0.39, 0.29) is 35.8 Å². The lowest BCUT2D eigenvalue weighted by Crippen LogP contribution is -2.49. The second kappa shape index (κ2) is 10.3. The van der Waals surface area contributed by atoms with Gasteiger partial charge in [-0.2, -0.15) is 5.10 Å². The predicted molar refractivity (Wildman–Crippen MR) is 108 cm³/mol. The Labute approximate surface area is 166 Å². The zero-order valence-corrected chi connectivity index (χ0v) is 18.0. The number of aliphatic imine (C=N–C) groups is 1. The molecule has 1 fully saturated rings. The summed E-state index contributed by atoms with van der Waals surface area (Å²) in [5.74, 6) is 0.820. The average Bonchev–Trinajstić information content (AvgIpc) is 3.01. The molecule has 0 saturated carbocycles. The molecule has 1 atom stereocenters. The molecule has 0 aliphatic carbocycles. The van der Waals surface area contributed by atoms with Gasteiger partial charge in [-0.3, -0.25) is 9.67 Å². The SMILES string of the molecule is CCS(=O)(=O)NCCNC(=NC)N1CCOC(c2cnn(C)c2)C1.I. The number of halogens is 1. The van der Waals surface area contributed by atoms with E-state index in [2.05, 4.69) is 25.0 Å².